The molecule has 0 aliphatic carbocycles. The smallest absolute Gasteiger partial charge is 0.316 e. The van der Waals surface area contributed by atoms with Crippen molar-refractivity contribution < 1.29 is 28.7 Å². The maximum Gasteiger partial charge on any atom is 0.316 e. The Labute approximate surface area is 118 Å². The van der Waals surface area contributed by atoms with Crippen LogP contribution in [-0.4, -0.2) is 37.2 Å². The SMILES string of the molecule is CCC(=O)C(CCCCOC(=O)CC(C)=O)C(=O)OC. The Bertz CT molecular complexity index is 345. The van der Waals surface area contributed by atoms with Crippen molar-refractivity contribution in [2.75, 3.05) is 13.7 Å². The van der Waals surface area contributed by atoms with E-state index in [1.165, 1.54) is 14.0 Å². The van der Waals surface area contributed by atoms with Gasteiger partial charge in [0.05, 0.1) is 13.7 Å². The number of rotatable bonds is 10. The number of ether oxygens (including phenoxy) is 2. The maximum absolute atomic E-state index is 11.6. The predicted octanol–water partition coefficient (Wildman–Crippen LogP) is 1.45. The second-order valence-electron chi connectivity index (χ2n) is 4.49. The van der Waals surface area contributed by atoms with Crippen LogP contribution in [0.3, 0.4) is 0 Å². The number of carbonyl (C=O) groups excluding carboxylic acids is 4. The number of carbonyl (C=O) groups is 4. The highest BCUT2D eigenvalue weighted by atomic mass is 16.5. The Morgan fingerprint density at radius 1 is 1.10 bits per heavy atom. The van der Waals surface area contributed by atoms with Crippen LogP contribution in [0.2, 0.25) is 0 Å². The van der Waals surface area contributed by atoms with Crippen LogP contribution in [0.1, 0.15) is 46.0 Å². The lowest BCUT2D eigenvalue weighted by Crippen LogP contribution is -2.25. The minimum absolute atomic E-state index is 0.148. The lowest BCUT2D eigenvalue weighted by molar-refractivity contribution is -0.150. The average molecular weight is 286 g/mol. The largest absolute Gasteiger partial charge is 0.468 e. The van der Waals surface area contributed by atoms with Crippen molar-refractivity contribution in [3.05, 3.63) is 0 Å². The topological polar surface area (TPSA) is 86.7 Å². The molecule has 0 aromatic carbocycles. The van der Waals surface area contributed by atoms with E-state index in [0.29, 0.717) is 19.3 Å². The van der Waals surface area contributed by atoms with E-state index < -0.39 is 17.9 Å². The summed E-state index contributed by atoms with van der Waals surface area (Å²) in [6.45, 7) is 3.20. The van der Waals surface area contributed by atoms with Crippen LogP contribution < -0.4 is 0 Å². The maximum atomic E-state index is 11.6. The molecular weight excluding hydrogens is 264 g/mol. The highest BCUT2D eigenvalue weighted by Gasteiger charge is 2.25. The van der Waals surface area contributed by atoms with E-state index in [1.807, 2.05) is 0 Å². The van der Waals surface area contributed by atoms with E-state index in [2.05, 4.69) is 4.74 Å². The van der Waals surface area contributed by atoms with Gasteiger partial charge in [-0.25, -0.2) is 0 Å². The summed E-state index contributed by atoms with van der Waals surface area (Å²) >= 11 is 0. The molecule has 1 unspecified atom stereocenters. The predicted molar refractivity (Wildman–Crippen MR) is 70.9 cm³/mol. The molecular formula is C14H22O6. The van der Waals surface area contributed by atoms with Crippen molar-refractivity contribution in [3.63, 3.8) is 0 Å². The molecule has 0 spiro atoms. The summed E-state index contributed by atoms with van der Waals surface area (Å²) in [6, 6.07) is 0. The summed E-state index contributed by atoms with van der Waals surface area (Å²) in [5.41, 5.74) is 0. The van der Waals surface area contributed by atoms with E-state index in [1.54, 1.807) is 6.92 Å². The Morgan fingerprint density at radius 2 is 1.75 bits per heavy atom. The van der Waals surface area contributed by atoms with E-state index in [0.717, 1.165) is 0 Å². The first kappa shape index (κ1) is 18.3. The van der Waals surface area contributed by atoms with Gasteiger partial charge in [0.1, 0.15) is 23.9 Å². The zero-order valence-corrected chi connectivity index (χ0v) is 12.3. The van der Waals surface area contributed by atoms with E-state index in [9.17, 15) is 19.2 Å². The van der Waals surface area contributed by atoms with E-state index in [-0.39, 0.29) is 31.0 Å². The molecule has 6 nitrogen and oxygen atoms in total. The lowest BCUT2D eigenvalue weighted by atomic mass is 9.96. The van der Waals surface area contributed by atoms with Crippen LogP contribution in [-0.2, 0) is 28.7 Å². The number of methoxy groups -OCH3 is 1. The van der Waals surface area contributed by atoms with E-state index >= 15 is 0 Å². The molecule has 0 aromatic heterocycles. The molecule has 0 radical (unpaired) electrons. The third-order valence-electron chi connectivity index (χ3n) is 2.77. The monoisotopic (exact) mass is 286 g/mol. The molecule has 114 valence electrons. The quantitative estimate of drug-likeness (QED) is 0.343. The van der Waals surface area contributed by atoms with E-state index in [4.69, 9.17) is 4.74 Å². The van der Waals surface area contributed by atoms with Gasteiger partial charge < -0.3 is 9.47 Å². The summed E-state index contributed by atoms with van der Waals surface area (Å²) in [5.74, 6) is -2.20. The summed E-state index contributed by atoms with van der Waals surface area (Å²) in [7, 11) is 1.25. The summed E-state index contributed by atoms with van der Waals surface area (Å²) in [4.78, 5) is 44.8. The summed E-state index contributed by atoms with van der Waals surface area (Å²) in [5, 5.41) is 0. The highest BCUT2D eigenvalue weighted by molar-refractivity contribution is 5.98. The van der Waals surface area contributed by atoms with Crippen LogP contribution in [0.4, 0.5) is 0 Å². The Morgan fingerprint density at radius 3 is 2.25 bits per heavy atom. The van der Waals surface area contributed by atoms with Gasteiger partial charge in [0, 0.05) is 6.42 Å². The number of ketones is 2. The van der Waals surface area contributed by atoms with Gasteiger partial charge in [-0.15, -0.1) is 0 Å². The standard InChI is InChI=1S/C14H22O6/c1-4-12(16)11(14(18)19-3)7-5-6-8-20-13(17)9-10(2)15/h11H,4-9H2,1-3H3. The molecule has 0 aliphatic rings. The number of hydrogen-bond acceptors (Lipinski definition) is 6. The van der Waals surface area contributed by atoms with Gasteiger partial charge in [-0.3, -0.25) is 19.2 Å². The first-order valence-electron chi connectivity index (χ1n) is 6.68. The fourth-order valence-corrected chi connectivity index (χ4v) is 1.69. The fraction of sp³-hybridized carbons (Fsp3) is 0.714. The minimum Gasteiger partial charge on any atom is -0.468 e. The zero-order valence-electron chi connectivity index (χ0n) is 12.3. The van der Waals surface area contributed by atoms with Gasteiger partial charge in [-0.2, -0.15) is 0 Å². The lowest BCUT2D eigenvalue weighted by Gasteiger charge is -2.12. The molecule has 1 atom stereocenters. The Kier molecular flexibility index (Phi) is 9.24. The first-order valence-corrected chi connectivity index (χ1v) is 6.68. The van der Waals surface area contributed by atoms with Gasteiger partial charge in [0.25, 0.3) is 0 Å². The van der Waals surface area contributed by atoms with Crippen LogP contribution in [0.5, 0.6) is 0 Å². The van der Waals surface area contributed by atoms with Gasteiger partial charge in [-0.1, -0.05) is 6.92 Å². The van der Waals surface area contributed by atoms with Crippen molar-refractivity contribution in [1.29, 1.82) is 0 Å². The average Bonchev–Trinajstić information content (AvgIpc) is 2.40. The number of Topliss-reactive ketones (excluding diaryl/α,β-unsaturated/α-hetero) is 2. The molecule has 0 aliphatic heterocycles. The molecule has 0 fully saturated rings. The van der Waals surface area contributed by atoms with Crippen LogP contribution in [0.15, 0.2) is 0 Å². The van der Waals surface area contributed by atoms with Crippen molar-refractivity contribution >= 4 is 23.5 Å². The molecule has 0 aromatic rings. The van der Waals surface area contributed by atoms with Crippen molar-refractivity contribution in [2.45, 2.75) is 46.0 Å². The van der Waals surface area contributed by atoms with Crippen LogP contribution >= 0.6 is 0 Å². The molecule has 0 heterocycles. The van der Waals surface area contributed by atoms with Gasteiger partial charge in [-0.05, 0) is 26.2 Å². The highest BCUT2D eigenvalue weighted by Crippen LogP contribution is 2.13. The van der Waals surface area contributed by atoms with Gasteiger partial charge >= 0.3 is 11.9 Å². The zero-order chi connectivity index (χ0) is 15.5. The molecule has 6 heteroatoms. The summed E-state index contributed by atoms with van der Waals surface area (Å²) in [6.07, 6.45) is 1.54. The third kappa shape index (κ3) is 7.66. The van der Waals surface area contributed by atoms with Gasteiger partial charge in [0.15, 0.2) is 0 Å². The van der Waals surface area contributed by atoms with Crippen LogP contribution in [0.25, 0.3) is 0 Å². The van der Waals surface area contributed by atoms with Crippen molar-refractivity contribution in [2.24, 2.45) is 5.92 Å². The van der Waals surface area contributed by atoms with Crippen molar-refractivity contribution in [1.82, 2.24) is 0 Å². The second-order valence-corrected chi connectivity index (χ2v) is 4.49. The third-order valence-corrected chi connectivity index (χ3v) is 2.77. The number of unbranched alkanes of at least 4 members (excludes halogenated alkanes) is 1. The number of esters is 2. The first-order chi connectivity index (χ1) is 9.42. The second kappa shape index (κ2) is 10.1. The normalized spacial score (nSPS) is 11.6. The molecule has 0 N–H and O–H groups in total. The molecule has 0 saturated carbocycles. The molecule has 0 amide bonds. The Hall–Kier alpha value is -1.72. The molecule has 0 rings (SSSR count). The van der Waals surface area contributed by atoms with Crippen molar-refractivity contribution in [3.8, 4) is 0 Å². The number of hydrogen-bond donors (Lipinski definition) is 0. The van der Waals surface area contributed by atoms with Gasteiger partial charge in [0.2, 0.25) is 0 Å². The minimum atomic E-state index is -0.738. The molecule has 20 heavy (non-hydrogen) atoms. The Balaban J connectivity index is 3.95. The molecule has 0 saturated heterocycles. The van der Waals surface area contributed by atoms with Crippen LogP contribution in [0, 0.1) is 5.92 Å². The fourth-order valence-electron chi connectivity index (χ4n) is 1.69. The summed E-state index contributed by atoms with van der Waals surface area (Å²) < 4.78 is 9.44. The molecule has 0 bridgehead atoms.